The molecule has 0 spiro atoms. The Labute approximate surface area is 131 Å². The van der Waals surface area contributed by atoms with Gasteiger partial charge < -0.3 is 15.6 Å². The first-order valence-electron chi connectivity index (χ1n) is 7.99. The van der Waals surface area contributed by atoms with Crippen LogP contribution in [-0.4, -0.2) is 22.5 Å². The van der Waals surface area contributed by atoms with E-state index < -0.39 is 0 Å². The Balaban J connectivity index is 1.74. The standard InChI is InChI=1S/C18H25N3O/c1-11-5-6-15-14(12(11)2)9-13(20-15)10-19-16-7-8-17(22)21-18(16,3)4/h5-6,9,16,19-20H,7-8,10H2,1-4H3,(H,21,22). The molecule has 0 radical (unpaired) electrons. The van der Waals surface area contributed by atoms with Crippen LogP contribution in [-0.2, 0) is 11.3 Å². The SMILES string of the molecule is Cc1ccc2[nH]c(CNC3CCC(=O)NC3(C)C)cc2c1C. The maximum atomic E-state index is 11.5. The van der Waals surface area contributed by atoms with Gasteiger partial charge in [0.25, 0.3) is 0 Å². The maximum absolute atomic E-state index is 11.5. The van der Waals surface area contributed by atoms with Crippen molar-refractivity contribution in [2.75, 3.05) is 0 Å². The molecular formula is C18H25N3O. The zero-order valence-electron chi connectivity index (χ0n) is 13.8. The topological polar surface area (TPSA) is 56.9 Å². The summed E-state index contributed by atoms with van der Waals surface area (Å²) in [6.07, 6.45) is 1.49. The molecule has 0 aliphatic carbocycles. The lowest BCUT2D eigenvalue weighted by atomic mass is 9.87. The molecule has 1 unspecified atom stereocenters. The van der Waals surface area contributed by atoms with Crippen molar-refractivity contribution in [1.82, 2.24) is 15.6 Å². The van der Waals surface area contributed by atoms with E-state index in [1.165, 1.54) is 27.7 Å². The smallest absolute Gasteiger partial charge is 0.220 e. The van der Waals surface area contributed by atoms with Gasteiger partial charge in [0.05, 0.1) is 0 Å². The number of benzene rings is 1. The molecule has 3 N–H and O–H groups in total. The molecule has 2 aromatic rings. The Bertz CT molecular complexity index is 714. The summed E-state index contributed by atoms with van der Waals surface area (Å²) in [6, 6.07) is 6.83. The summed E-state index contributed by atoms with van der Waals surface area (Å²) in [5.74, 6) is 0.153. The van der Waals surface area contributed by atoms with E-state index in [1.54, 1.807) is 0 Å². The minimum Gasteiger partial charge on any atom is -0.357 e. The van der Waals surface area contributed by atoms with E-state index in [1.807, 2.05) is 0 Å². The van der Waals surface area contributed by atoms with Gasteiger partial charge in [0.2, 0.25) is 5.91 Å². The fourth-order valence-electron chi connectivity index (χ4n) is 3.35. The quantitative estimate of drug-likeness (QED) is 0.816. The Morgan fingerprint density at radius 1 is 1.32 bits per heavy atom. The van der Waals surface area contributed by atoms with E-state index in [-0.39, 0.29) is 11.4 Å². The van der Waals surface area contributed by atoms with Gasteiger partial charge >= 0.3 is 0 Å². The van der Waals surface area contributed by atoms with Crippen LogP contribution in [0.2, 0.25) is 0 Å². The summed E-state index contributed by atoms with van der Waals surface area (Å²) < 4.78 is 0. The molecule has 1 fully saturated rings. The largest absolute Gasteiger partial charge is 0.357 e. The first kappa shape index (κ1) is 15.1. The number of piperidine rings is 1. The van der Waals surface area contributed by atoms with Crippen LogP contribution in [0.15, 0.2) is 18.2 Å². The number of nitrogens with one attached hydrogen (secondary N) is 3. The number of hydrogen-bond acceptors (Lipinski definition) is 2. The van der Waals surface area contributed by atoms with E-state index in [9.17, 15) is 4.79 Å². The first-order chi connectivity index (χ1) is 10.4. The minimum atomic E-state index is -0.201. The predicted molar refractivity (Wildman–Crippen MR) is 89.9 cm³/mol. The fourth-order valence-corrected chi connectivity index (χ4v) is 3.35. The van der Waals surface area contributed by atoms with Crippen LogP contribution in [0, 0.1) is 13.8 Å². The van der Waals surface area contributed by atoms with E-state index in [0.717, 1.165) is 13.0 Å². The second-order valence-corrected chi connectivity index (χ2v) is 7.01. The third-order valence-corrected chi connectivity index (χ3v) is 4.93. The van der Waals surface area contributed by atoms with Gasteiger partial charge in [-0.25, -0.2) is 0 Å². The molecule has 3 rings (SSSR count). The number of rotatable bonds is 3. The van der Waals surface area contributed by atoms with Gasteiger partial charge in [0.15, 0.2) is 0 Å². The fraction of sp³-hybridized carbons (Fsp3) is 0.500. The monoisotopic (exact) mass is 299 g/mol. The molecule has 118 valence electrons. The Morgan fingerprint density at radius 2 is 2.09 bits per heavy atom. The van der Waals surface area contributed by atoms with Crippen LogP contribution in [0.3, 0.4) is 0 Å². The van der Waals surface area contributed by atoms with E-state index >= 15 is 0 Å². The summed E-state index contributed by atoms with van der Waals surface area (Å²) in [7, 11) is 0. The number of H-pyrrole nitrogens is 1. The molecule has 1 atom stereocenters. The third kappa shape index (κ3) is 2.75. The maximum Gasteiger partial charge on any atom is 0.220 e. The highest BCUT2D eigenvalue weighted by Crippen LogP contribution is 2.23. The molecule has 1 aromatic heterocycles. The zero-order chi connectivity index (χ0) is 15.9. The number of fused-ring (bicyclic) bond motifs is 1. The zero-order valence-corrected chi connectivity index (χ0v) is 13.8. The summed E-state index contributed by atoms with van der Waals surface area (Å²) in [5, 5.41) is 7.97. The lowest BCUT2D eigenvalue weighted by Crippen LogP contribution is -2.60. The second-order valence-electron chi connectivity index (χ2n) is 7.01. The van der Waals surface area contributed by atoms with Crippen molar-refractivity contribution in [3.8, 4) is 0 Å². The van der Waals surface area contributed by atoms with Crippen LogP contribution < -0.4 is 10.6 Å². The van der Waals surface area contributed by atoms with Gasteiger partial charge in [0.1, 0.15) is 0 Å². The Kier molecular flexibility index (Phi) is 3.73. The van der Waals surface area contributed by atoms with E-state index in [2.05, 4.69) is 61.5 Å². The Hall–Kier alpha value is -1.81. The Morgan fingerprint density at radius 3 is 2.82 bits per heavy atom. The number of amides is 1. The molecule has 0 bridgehead atoms. The molecule has 1 aliphatic rings. The molecule has 22 heavy (non-hydrogen) atoms. The van der Waals surface area contributed by atoms with Gasteiger partial charge in [0, 0.05) is 41.1 Å². The van der Waals surface area contributed by atoms with E-state index in [4.69, 9.17) is 0 Å². The van der Waals surface area contributed by atoms with Crippen LogP contribution in [0.4, 0.5) is 0 Å². The number of carbonyl (C=O) groups is 1. The van der Waals surface area contributed by atoms with Crippen LogP contribution in [0.5, 0.6) is 0 Å². The predicted octanol–water partition coefficient (Wildman–Crippen LogP) is 2.93. The lowest BCUT2D eigenvalue weighted by Gasteiger charge is -2.39. The van der Waals surface area contributed by atoms with Gasteiger partial charge in [-0.15, -0.1) is 0 Å². The number of aromatic nitrogens is 1. The van der Waals surface area contributed by atoms with Crippen molar-refractivity contribution in [1.29, 1.82) is 0 Å². The number of aryl methyl sites for hydroxylation is 2. The molecule has 0 saturated carbocycles. The third-order valence-electron chi connectivity index (χ3n) is 4.93. The van der Waals surface area contributed by atoms with Crippen molar-refractivity contribution in [3.63, 3.8) is 0 Å². The second kappa shape index (κ2) is 5.43. The summed E-state index contributed by atoms with van der Waals surface area (Å²) in [4.78, 5) is 15.0. The molecule has 1 aromatic carbocycles. The average Bonchev–Trinajstić information content (AvgIpc) is 2.85. The van der Waals surface area contributed by atoms with E-state index in [0.29, 0.717) is 12.5 Å². The molecule has 4 heteroatoms. The number of hydrogen-bond donors (Lipinski definition) is 3. The summed E-state index contributed by atoms with van der Waals surface area (Å²) in [6.45, 7) is 9.27. The highest BCUT2D eigenvalue weighted by molar-refractivity contribution is 5.84. The molecule has 1 saturated heterocycles. The van der Waals surface area contributed by atoms with Crippen molar-refractivity contribution in [2.45, 2.75) is 58.7 Å². The minimum absolute atomic E-state index is 0.153. The highest BCUT2D eigenvalue weighted by atomic mass is 16.1. The molecule has 4 nitrogen and oxygen atoms in total. The van der Waals surface area contributed by atoms with Crippen molar-refractivity contribution >= 4 is 16.8 Å². The normalized spacial score (nSPS) is 21.1. The van der Waals surface area contributed by atoms with Crippen LogP contribution >= 0.6 is 0 Å². The van der Waals surface area contributed by atoms with Gasteiger partial charge in [-0.2, -0.15) is 0 Å². The molecule has 1 amide bonds. The average molecular weight is 299 g/mol. The van der Waals surface area contributed by atoms with Crippen molar-refractivity contribution < 1.29 is 4.79 Å². The number of carbonyl (C=O) groups excluding carboxylic acids is 1. The van der Waals surface area contributed by atoms with Crippen molar-refractivity contribution in [2.24, 2.45) is 0 Å². The highest BCUT2D eigenvalue weighted by Gasteiger charge is 2.34. The van der Waals surface area contributed by atoms with Crippen LogP contribution in [0.1, 0.15) is 43.5 Å². The molecule has 1 aliphatic heterocycles. The number of aromatic amines is 1. The van der Waals surface area contributed by atoms with Gasteiger partial charge in [-0.3, -0.25) is 4.79 Å². The lowest BCUT2D eigenvalue weighted by molar-refractivity contribution is -0.125. The van der Waals surface area contributed by atoms with Gasteiger partial charge in [-0.05, 0) is 57.4 Å². The van der Waals surface area contributed by atoms with Crippen LogP contribution in [0.25, 0.3) is 10.9 Å². The van der Waals surface area contributed by atoms with Crippen molar-refractivity contribution in [3.05, 3.63) is 35.0 Å². The summed E-state index contributed by atoms with van der Waals surface area (Å²) >= 11 is 0. The molecule has 2 heterocycles. The van der Waals surface area contributed by atoms with Gasteiger partial charge in [-0.1, -0.05) is 6.07 Å². The molecular weight excluding hydrogens is 274 g/mol. The summed E-state index contributed by atoms with van der Waals surface area (Å²) in [5.41, 5.74) is 4.84. The first-order valence-corrected chi connectivity index (χ1v) is 7.99.